The van der Waals surface area contributed by atoms with Gasteiger partial charge in [-0.1, -0.05) is 84.9 Å². The second-order valence-electron chi connectivity index (χ2n) is 6.10. The van der Waals surface area contributed by atoms with Gasteiger partial charge in [0.25, 0.3) is 0 Å². The van der Waals surface area contributed by atoms with Crippen LogP contribution in [0, 0.1) is 0 Å². The Morgan fingerprint density at radius 1 is 0.808 bits per heavy atom. The van der Waals surface area contributed by atoms with Crippen molar-refractivity contribution in [2.75, 3.05) is 13.3 Å². The molecule has 3 heteroatoms. The molecule has 0 spiro atoms. The largest absolute Gasteiger partial charge is 0.497 e. The summed E-state index contributed by atoms with van der Waals surface area (Å²) in [6.07, 6.45) is 5.54. The molecule has 0 amide bonds. The zero-order chi connectivity index (χ0) is 18.2. The van der Waals surface area contributed by atoms with E-state index in [0.717, 1.165) is 28.3 Å². The first-order chi connectivity index (χ1) is 12.7. The quantitative estimate of drug-likeness (QED) is 0.546. The van der Waals surface area contributed by atoms with Gasteiger partial charge < -0.3 is 9.30 Å². The molecule has 0 unspecified atom stereocenters. The highest BCUT2D eigenvalue weighted by atomic mass is 31.2. The SMILES string of the molecule is COc1ccc(/C=C/CCP(=O)(c2ccccc2)c2ccccc2)cc1. The molecule has 2 nitrogen and oxygen atoms in total. The smallest absolute Gasteiger partial charge is 0.143 e. The molecule has 0 aromatic heterocycles. The van der Waals surface area contributed by atoms with Crippen LogP contribution < -0.4 is 15.3 Å². The Kier molecular flexibility index (Phi) is 6.09. The van der Waals surface area contributed by atoms with Crippen molar-refractivity contribution < 1.29 is 9.30 Å². The zero-order valence-electron chi connectivity index (χ0n) is 14.9. The van der Waals surface area contributed by atoms with Crippen LogP contribution in [0.25, 0.3) is 6.08 Å². The Morgan fingerprint density at radius 2 is 1.35 bits per heavy atom. The highest BCUT2D eigenvalue weighted by Gasteiger charge is 2.25. The van der Waals surface area contributed by atoms with Crippen LogP contribution in [-0.2, 0) is 4.57 Å². The van der Waals surface area contributed by atoms with Crippen LogP contribution in [0.3, 0.4) is 0 Å². The molecule has 3 aromatic rings. The maximum absolute atomic E-state index is 13.9. The summed E-state index contributed by atoms with van der Waals surface area (Å²) in [5.41, 5.74) is 1.11. The third-order valence-corrected chi connectivity index (χ3v) is 7.54. The second-order valence-corrected chi connectivity index (χ2v) is 9.06. The number of benzene rings is 3. The van der Waals surface area contributed by atoms with E-state index < -0.39 is 7.14 Å². The molecule has 3 aromatic carbocycles. The van der Waals surface area contributed by atoms with Crippen LogP contribution in [0.2, 0.25) is 0 Å². The maximum Gasteiger partial charge on any atom is 0.143 e. The van der Waals surface area contributed by atoms with Gasteiger partial charge in [-0.3, -0.25) is 0 Å². The predicted molar refractivity (Wildman–Crippen MR) is 111 cm³/mol. The molecule has 3 rings (SSSR count). The Bertz CT molecular complexity index is 841. The summed E-state index contributed by atoms with van der Waals surface area (Å²) in [5.74, 6) is 0.847. The van der Waals surface area contributed by atoms with Gasteiger partial charge in [-0.25, -0.2) is 0 Å². The fraction of sp³-hybridized carbons (Fsp3) is 0.130. The van der Waals surface area contributed by atoms with Crippen LogP contribution >= 0.6 is 7.14 Å². The summed E-state index contributed by atoms with van der Waals surface area (Å²) < 4.78 is 19.0. The maximum atomic E-state index is 13.9. The van der Waals surface area contributed by atoms with Crippen LogP contribution in [0.1, 0.15) is 12.0 Å². The Labute approximate surface area is 155 Å². The third kappa shape index (κ3) is 4.33. The van der Waals surface area contributed by atoms with Crippen molar-refractivity contribution in [3.05, 3.63) is 96.6 Å². The number of methoxy groups -OCH3 is 1. The van der Waals surface area contributed by atoms with Gasteiger partial charge >= 0.3 is 0 Å². The molecule has 0 saturated heterocycles. The molecule has 0 aliphatic rings. The van der Waals surface area contributed by atoms with Crippen molar-refractivity contribution in [2.24, 2.45) is 0 Å². The summed E-state index contributed by atoms with van der Waals surface area (Å²) in [6, 6.07) is 27.6. The monoisotopic (exact) mass is 362 g/mol. The van der Waals surface area contributed by atoms with Crippen LogP contribution in [-0.4, -0.2) is 13.3 Å². The molecule has 0 N–H and O–H groups in total. The van der Waals surface area contributed by atoms with Gasteiger partial charge in [0, 0.05) is 16.8 Å². The van der Waals surface area contributed by atoms with Crippen LogP contribution in [0.15, 0.2) is 91.0 Å². The molecular formula is C23H23O2P. The van der Waals surface area contributed by atoms with E-state index in [1.54, 1.807) is 7.11 Å². The van der Waals surface area contributed by atoms with Gasteiger partial charge in [0.2, 0.25) is 0 Å². The molecule has 0 fully saturated rings. The first-order valence-corrected chi connectivity index (χ1v) is 10.6. The lowest BCUT2D eigenvalue weighted by Crippen LogP contribution is -2.18. The number of rotatable bonds is 7. The van der Waals surface area contributed by atoms with Crippen LogP contribution in [0.4, 0.5) is 0 Å². The first-order valence-electron chi connectivity index (χ1n) is 8.73. The van der Waals surface area contributed by atoms with Crippen molar-refractivity contribution in [3.63, 3.8) is 0 Å². The summed E-state index contributed by atoms with van der Waals surface area (Å²) >= 11 is 0. The van der Waals surface area contributed by atoms with Gasteiger partial charge in [0.15, 0.2) is 0 Å². The summed E-state index contributed by atoms with van der Waals surface area (Å²) in [5, 5.41) is 1.84. The molecule has 0 heterocycles. The van der Waals surface area contributed by atoms with Crippen LogP contribution in [0.5, 0.6) is 5.75 Å². The molecule has 0 aliphatic carbocycles. The van der Waals surface area contributed by atoms with E-state index in [2.05, 4.69) is 12.2 Å². The molecule has 26 heavy (non-hydrogen) atoms. The molecule has 132 valence electrons. The lowest BCUT2D eigenvalue weighted by Gasteiger charge is -2.18. The van der Waals surface area contributed by atoms with E-state index in [1.165, 1.54) is 0 Å². The molecular weight excluding hydrogens is 339 g/mol. The second kappa shape index (κ2) is 8.69. The van der Waals surface area contributed by atoms with Gasteiger partial charge in [-0.05, 0) is 24.1 Å². The minimum absolute atomic E-state index is 0.619. The standard InChI is InChI=1S/C23H23O2P/c1-25-21-17-15-20(16-18-21)10-8-9-19-26(24,22-11-4-2-5-12-22)23-13-6-3-7-14-23/h2-8,10-18H,9,19H2,1H3/b10-8+. The average Bonchev–Trinajstić information content (AvgIpc) is 2.73. The number of ether oxygens (including phenoxy) is 1. The first kappa shape index (κ1) is 18.2. The highest BCUT2D eigenvalue weighted by Crippen LogP contribution is 2.43. The van der Waals surface area contributed by atoms with E-state index in [4.69, 9.17) is 4.74 Å². The van der Waals surface area contributed by atoms with E-state index >= 15 is 0 Å². The van der Waals surface area contributed by atoms with Gasteiger partial charge in [-0.2, -0.15) is 0 Å². The normalized spacial score (nSPS) is 11.6. The highest BCUT2D eigenvalue weighted by molar-refractivity contribution is 7.78. The topological polar surface area (TPSA) is 26.3 Å². The lowest BCUT2D eigenvalue weighted by atomic mass is 10.2. The third-order valence-electron chi connectivity index (χ3n) is 4.38. The van der Waals surface area contributed by atoms with Crippen molar-refractivity contribution in [2.45, 2.75) is 6.42 Å². The molecule has 0 aliphatic heterocycles. The summed E-state index contributed by atoms with van der Waals surface area (Å²) in [6.45, 7) is 0. The zero-order valence-corrected chi connectivity index (χ0v) is 15.8. The van der Waals surface area contributed by atoms with E-state index in [9.17, 15) is 4.57 Å². The summed E-state index contributed by atoms with van der Waals surface area (Å²) in [7, 11) is -0.967. The Morgan fingerprint density at radius 3 is 1.85 bits per heavy atom. The Hall–Kier alpha value is -2.57. The molecule has 0 bridgehead atoms. The summed E-state index contributed by atoms with van der Waals surface area (Å²) in [4.78, 5) is 0. The fourth-order valence-electron chi connectivity index (χ4n) is 2.94. The van der Waals surface area contributed by atoms with Gasteiger partial charge in [-0.15, -0.1) is 0 Å². The predicted octanol–water partition coefficient (Wildman–Crippen LogP) is 5.11. The van der Waals surface area contributed by atoms with Crippen molar-refractivity contribution in [1.82, 2.24) is 0 Å². The fourth-order valence-corrected chi connectivity index (χ4v) is 5.57. The lowest BCUT2D eigenvalue weighted by molar-refractivity contribution is 0.415. The van der Waals surface area contributed by atoms with Crippen molar-refractivity contribution in [3.8, 4) is 5.75 Å². The molecule has 0 saturated carbocycles. The minimum Gasteiger partial charge on any atom is -0.497 e. The van der Waals surface area contributed by atoms with Gasteiger partial charge in [0.05, 0.1) is 7.11 Å². The number of allylic oxidation sites excluding steroid dienone is 1. The molecule has 0 radical (unpaired) electrons. The average molecular weight is 362 g/mol. The van der Waals surface area contributed by atoms with Gasteiger partial charge in [0.1, 0.15) is 12.9 Å². The van der Waals surface area contributed by atoms with E-state index in [1.807, 2.05) is 84.9 Å². The Balaban J connectivity index is 1.76. The molecule has 0 atom stereocenters. The number of hydrogen-bond donors (Lipinski definition) is 0. The van der Waals surface area contributed by atoms with Crippen molar-refractivity contribution in [1.29, 1.82) is 0 Å². The van der Waals surface area contributed by atoms with E-state index in [-0.39, 0.29) is 0 Å². The van der Waals surface area contributed by atoms with E-state index in [0.29, 0.717) is 6.16 Å². The van der Waals surface area contributed by atoms with Crippen molar-refractivity contribution >= 4 is 23.8 Å². The minimum atomic E-state index is -2.63. The number of hydrogen-bond acceptors (Lipinski definition) is 2.